The Morgan fingerprint density at radius 3 is 1.16 bits per heavy atom. The summed E-state index contributed by atoms with van der Waals surface area (Å²) >= 11 is 0. The number of amides is 1. The van der Waals surface area contributed by atoms with E-state index in [9.17, 15) is 19.8 Å². The Morgan fingerprint density at radius 1 is 0.433 bits per heavy atom. The lowest BCUT2D eigenvalue weighted by Crippen LogP contribution is -2.46. The van der Waals surface area contributed by atoms with Crippen LogP contribution in [-0.2, 0) is 14.3 Å². The zero-order valence-corrected chi connectivity index (χ0v) is 44.8. The maximum Gasteiger partial charge on any atom is 0.306 e. The number of carbonyl (C=O) groups excluding carboxylic acids is 2. The Balaban J connectivity index is 4.56. The Labute approximate surface area is 416 Å². The van der Waals surface area contributed by atoms with Gasteiger partial charge in [0.1, 0.15) is 6.10 Å². The number of aliphatic hydroxyl groups is 2. The number of unbranched alkanes of at least 4 members (excludes halogenated alkanes) is 33. The van der Waals surface area contributed by atoms with Crippen molar-refractivity contribution in [2.24, 2.45) is 0 Å². The molecule has 0 aromatic rings. The lowest BCUT2D eigenvalue weighted by Gasteiger charge is -2.24. The van der Waals surface area contributed by atoms with E-state index in [1.165, 1.54) is 180 Å². The van der Waals surface area contributed by atoms with Crippen LogP contribution in [0.15, 0.2) is 48.6 Å². The second-order valence-electron chi connectivity index (χ2n) is 20.0. The van der Waals surface area contributed by atoms with Crippen LogP contribution in [0.3, 0.4) is 0 Å². The fourth-order valence-corrected chi connectivity index (χ4v) is 8.90. The summed E-state index contributed by atoms with van der Waals surface area (Å²) in [7, 11) is 0. The van der Waals surface area contributed by atoms with Crippen LogP contribution in [0.4, 0.5) is 0 Å². The van der Waals surface area contributed by atoms with Gasteiger partial charge in [-0.3, -0.25) is 9.59 Å². The fraction of sp³-hybridized carbons (Fsp3) is 0.836. The molecule has 0 aromatic carbocycles. The largest absolute Gasteiger partial charge is 0.462 e. The van der Waals surface area contributed by atoms with Crippen molar-refractivity contribution < 1.29 is 24.5 Å². The Kier molecular flexibility index (Phi) is 53.0. The molecule has 3 unspecified atom stereocenters. The minimum absolute atomic E-state index is 0.0720. The highest BCUT2D eigenvalue weighted by Crippen LogP contribution is 2.18. The number of rotatable bonds is 53. The van der Waals surface area contributed by atoms with Crippen molar-refractivity contribution in [1.82, 2.24) is 5.32 Å². The summed E-state index contributed by atoms with van der Waals surface area (Å²) in [6.45, 7) is 6.46. The van der Waals surface area contributed by atoms with Crippen molar-refractivity contribution >= 4 is 11.9 Å². The predicted molar refractivity (Wildman–Crippen MR) is 292 cm³/mol. The van der Waals surface area contributed by atoms with Gasteiger partial charge in [-0.25, -0.2) is 0 Å². The second-order valence-corrected chi connectivity index (χ2v) is 20.0. The van der Waals surface area contributed by atoms with Gasteiger partial charge in [-0.05, 0) is 89.9 Å². The van der Waals surface area contributed by atoms with Crippen LogP contribution in [0, 0.1) is 0 Å². The average molecular weight is 941 g/mol. The number of esters is 1. The molecule has 0 fully saturated rings. The molecule has 0 rings (SSSR count). The Bertz CT molecular complexity index is 1150. The molecule has 6 heteroatoms. The van der Waals surface area contributed by atoms with Gasteiger partial charge in [-0.2, -0.15) is 0 Å². The minimum atomic E-state index is -0.791. The molecule has 0 aliphatic carbocycles. The molecule has 0 aliphatic heterocycles. The van der Waals surface area contributed by atoms with Crippen molar-refractivity contribution in [2.45, 2.75) is 322 Å². The summed E-state index contributed by atoms with van der Waals surface area (Å²) in [5.74, 6) is -0.474. The zero-order valence-electron chi connectivity index (χ0n) is 44.8. The highest BCUT2D eigenvalue weighted by atomic mass is 16.5. The van der Waals surface area contributed by atoms with Crippen LogP contribution in [0.1, 0.15) is 303 Å². The molecule has 0 aliphatic rings. The van der Waals surface area contributed by atoms with Crippen LogP contribution in [0.5, 0.6) is 0 Å². The van der Waals surface area contributed by atoms with Gasteiger partial charge in [0, 0.05) is 6.42 Å². The van der Waals surface area contributed by atoms with Crippen LogP contribution in [0.2, 0.25) is 0 Å². The summed E-state index contributed by atoms with van der Waals surface area (Å²) in [4.78, 5) is 26.3. The molecular formula is C61H113NO5. The topological polar surface area (TPSA) is 95.9 Å². The lowest BCUT2D eigenvalue weighted by molar-refractivity contribution is -0.151. The summed E-state index contributed by atoms with van der Waals surface area (Å²) in [5.41, 5.74) is 0. The molecule has 6 nitrogen and oxygen atoms in total. The van der Waals surface area contributed by atoms with Gasteiger partial charge in [0.25, 0.3) is 0 Å². The van der Waals surface area contributed by atoms with Crippen molar-refractivity contribution in [3.8, 4) is 0 Å². The van der Waals surface area contributed by atoms with Crippen molar-refractivity contribution in [2.75, 3.05) is 6.61 Å². The van der Waals surface area contributed by atoms with Gasteiger partial charge < -0.3 is 20.3 Å². The number of nitrogens with one attached hydrogen (secondary N) is 1. The van der Waals surface area contributed by atoms with Crippen LogP contribution >= 0.6 is 0 Å². The van der Waals surface area contributed by atoms with E-state index in [-0.39, 0.29) is 24.9 Å². The zero-order chi connectivity index (χ0) is 48.8. The van der Waals surface area contributed by atoms with Crippen molar-refractivity contribution in [1.29, 1.82) is 0 Å². The molecule has 0 saturated carbocycles. The number of allylic oxidation sites excluding steroid dienone is 8. The summed E-state index contributed by atoms with van der Waals surface area (Å²) in [6, 6.07) is -0.705. The van der Waals surface area contributed by atoms with Gasteiger partial charge in [-0.15, -0.1) is 0 Å². The number of carbonyl (C=O) groups is 2. The van der Waals surface area contributed by atoms with Crippen LogP contribution in [0.25, 0.3) is 0 Å². The third kappa shape index (κ3) is 50.0. The first-order valence-corrected chi connectivity index (χ1v) is 29.4. The molecule has 0 radical (unpaired) electrons. The van der Waals surface area contributed by atoms with E-state index >= 15 is 0 Å². The van der Waals surface area contributed by atoms with Gasteiger partial charge in [-0.1, -0.05) is 249 Å². The molecular weight excluding hydrogens is 827 g/mol. The third-order valence-corrected chi connectivity index (χ3v) is 13.4. The molecule has 67 heavy (non-hydrogen) atoms. The smallest absolute Gasteiger partial charge is 0.306 e. The van der Waals surface area contributed by atoms with Gasteiger partial charge in [0.15, 0.2) is 0 Å². The summed E-state index contributed by atoms with van der Waals surface area (Å²) < 4.78 is 5.97. The summed E-state index contributed by atoms with van der Waals surface area (Å²) in [6.07, 6.45) is 67.4. The van der Waals surface area contributed by atoms with E-state index in [4.69, 9.17) is 4.74 Å². The Hall–Kier alpha value is -2.18. The first-order valence-electron chi connectivity index (χ1n) is 29.4. The first-order chi connectivity index (χ1) is 33.0. The molecule has 0 spiro atoms. The van der Waals surface area contributed by atoms with Crippen molar-refractivity contribution in [3.05, 3.63) is 48.6 Å². The first kappa shape index (κ1) is 64.8. The molecule has 3 N–H and O–H groups in total. The van der Waals surface area contributed by atoms with E-state index in [1.54, 1.807) is 0 Å². The quantitative estimate of drug-likeness (QED) is 0.0321. The van der Waals surface area contributed by atoms with E-state index in [0.29, 0.717) is 19.3 Å². The maximum atomic E-state index is 13.3. The molecule has 392 valence electrons. The standard InChI is InChI=1S/C61H113NO5/c1-4-7-10-13-16-19-22-25-27-29-30-32-34-36-39-42-45-48-51-54-61(66)67-57(52-49-46-43-40-37-35-33-31-28-26-23-20-17-14-11-8-5-2)55-60(65)62-58(56-63)59(64)53-50-47-44-41-38-24-21-18-15-12-9-6-3/h16-17,19-20,25-28,57-59,63-64H,4-15,18,21-24,29-56H2,1-3H3,(H,62,65)/b19-16-,20-17-,27-25-,28-26-. The molecule has 0 aromatic heterocycles. The average Bonchev–Trinajstić information content (AvgIpc) is 3.32. The second kappa shape index (κ2) is 54.8. The molecule has 0 saturated heterocycles. The maximum absolute atomic E-state index is 13.3. The van der Waals surface area contributed by atoms with Gasteiger partial charge in [0.2, 0.25) is 5.91 Å². The monoisotopic (exact) mass is 940 g/mol. The molecule has 1 amide bonds. The van der Waals surface area contributed by atoms with Gasteiger partial charge >= 0.3 is 5.97 Å². The molecule has 0 bridgehead atoms. The number of hydrogen-bond donors (Lipinski definition) is 3. The summed E-state index contributed by atoms with van der Waals surface area (Å²) in [5, 5.41) is 23.9. The van der Waals surface area contributed by atoms with Crippen molar-refractivity contribution in [3.63, 3.8) is 0 Å². The highest BCUT2D eigenvalue weighted by molar-refractivity contribution is 5.77. The molecule has 0 heterocycles. The van der Waals surface area contributed by atoms with Crippen LogP contribution < -0.4 is 5.32 Å². The van der Waals surface area contributed by atoms with Crippen LogP contribution in [-0.4, -0.2) is 46.9 Å². The number of ether oxygens (including phenoxy) is 1. The predicted octanol–water partition coefficient (Wildman–Crippen LogP) is 18.2. The van der Waals surface area contributed by atoms with E-state index in [1.807, 2.05) is 0 Å². The SMILES string of the molecule is CCCCC/C=C\C/C=C\CCCCCCCCCCCC(=O)OC(CCCCCCCCC/C=C\C/C=C\CCCCC)CC(=O)NC(CO)C(O)CCCCCCCCCCCCCC. The molecule has 3 atom stereocenters. The number of aliphatic hydroxyl groups excluding tert-OH is 2. The fourth-order valence-electron chi connectivity index (χ4n) is 8.90. The van der Waals surface area contributed by atoms with Gasteiger partial charge in [0.05, 0.1) is 25.2 Å². The van der Waals surface area contributed by atoms with E-state index < -0.39 is 18.2 Å². The number of hydrogen-bond acceptors (Lipinski definition) is 5. The minimum Gasteiger partial charge on any atom is -0.462 e. The normalized spacial score (nSPS) is 13.4. The lowest BCUT2D eigenvalue weighted by atomic mass is 10.0. The highest BCUT2D eigenvalue weighted by Gasteiger charge is 2.24. The van der Waals surface area contributed by atoms with E-state index in [2.05, 4.69) is 74.7 Å². The third-order valence-electron chi connectivity index (χ3n) is 13.4. The van der Waals surface area contributed by atoms with E-state index in [0.717, 1.165) is 77.0 Å². The Morgan fingerprint density at radius 2 is 0.761 bits per heavy atom.